The summed E-state index contributed by atoms with van der Waals surface area (Å²) in [6.45, 7) is 7.40. The van der Waals surface area contributed by atoms with Gasteiger partial charge < -0.3 is 5.32 Å². The second-order valence-corrected chi connectivity index (χ2v) is 6.39. The van der Waals surface area contributed by atoms with Crippen LogP contribution in [0.5, 0.6) is 0 Å². The molecule has 19 heavy (non-hydrogen) atoms. The summed E-state index contributed by atoms with van der Waals surface area (Å²) >= 11 is 1.35. The lowest BCUT2D eigenvalue weighted by molar-refractivity contribution is 0.460. The Hall–Kier alpha value is -0.610. The fraction of sp³-hybridized carbons (Fsp3) is 0.600. The monoisotopic (exact) mass is 287 g/mol. The zero-order valence-electron chi connectivity index (χ0n) is 11.9. The van der Waals surface area contributed by atoms with Crippen molar-refractivity contribution in [2.75, 3.05) is 12.3 Å². The van der Waals surface area contributed by atoms with E-state index in [9.17, 15) is 8.78 Å². The summed E-state index contributed by atoms with van der Waals surface area (Å²) in [7, 11) is 0. The Balaban J connectivity index is 2.21. The van der Waals surface area contributed by atoms with Crippen LogP contribution in [-0.2, 0) is 0 Å². The fourth-order valence-electron chi connectivity index (χ4n) is 1.74. The summed E-state index contributed by atoms with van der Waals surface area (Å²) in [5.74, 6) is 0.730. The van der Waals surface area contributed by atoms with Gasteiger partial charge >= 0.3 is 0 Å². The van der Waals surface area contributed by atoms with E-state index in [1.54, 1.807) is 0 Å². The maximum atomic E-state index is 13.4. The molecule has 0 aliphatic heterocycles. The summed E-state index contributed by atoms with van der Waals surface area (Å²) in [4.78, 5) is 0.386. The van der Waals surface area contributed by atoms with Gasteiger partial charge in [0.1, 0.15) is 11.6 Å². The highest BCUT2D eigenvalue weighted by Crippen LogP contribution is 2.22. The molecule has 1 atom stereocenters. The van der Waals surface area contributed by atoms with Crippen LogP contribution in [-0.4, -0.2) is 18.3 Å². The number of nitrogens with one attached hydrogen (secondary N) is 1. The van der Waals surface area contributed by atoms with Crippen molar-refractivity contribution in [1.29, 1.82) is 0 Å². The number of hydrogen-bond donors (Lipinski definition) is 1. The molecule has 0 aromatic heterocycles. The molecule has 1 aromatic rings. The number of halogens is 2. The smallest absolute Gasteiger partial charge is 0.136 e. The molecule has 1 rings (SSSR count). The first-order valence-corrected chi connectivity index (χ1v) is 7.79. The highest BCUT2D eigenvalue weighted by Gasteiger charge is 2.06. The van der Waals surface area contributed by atoms with E-state index >= 15 is 0 Å². The molecule has 0 saturated carbocycles. The van der Waals surface area contributed by atoms with E-state index in [-0.39, 0.29) is 11.6 Å². The molecule has 1 N–H and O–H groups in total. The normalized spacial score (nSPS) is 12.9. The first-order valence-electron chi connectivity index (χ1n) is 6.80. The van der Waals surface area contributed by atoms with E-state index in [1.807, 2.05) is 0 Å². The first-order chi connectivity index (χ1) is 8.99. The van der Waals surface area contributed by atoms with Gasteiger partial charge in [-0.1, -0.05) is 13.8 Å². The van der Waals surface area contributed by atoms with E-state index in [0.717, 1.165) is 30.7 Å². The fourth-order valence-corrected chi connectivity index (χ4v) is 2.58. The van der Waals surface area contributed by atoms with Gasteiger partial charge in [0, 0.05) is 23.2 Å². The Morgan fingerprint density at radius 2 is 1.89 bits per heavy atom. The van der Waals surface area contributed by atoms with Gasteiger partial charge in [-0.15, -0.1) is 11.8 Å². The van der Waals surface area contributed by atoms with Crippen molar-refractivity contribution in [3.63, 3.8) is 0 Å². The maximum absolute atomic E-state index is 13.4. The van der Waals surface area contributed by atoms with Crippen molar-refractivity contribution in [1.82, 2.24) is 5.32 Å². The number of hydrogen-bond acceptors (Lipinski definition) is 2. The average molecular weight is 287 g/mol. The highest BCUT2D eigenvalue weighted by molar-refractivity contribution is 7.99. The standard InChI is InChI=1S/C15H23F2NS/c1-11(2)4-5-12(3)18-8-9-19-15-10-13(16)6-7-14(15)17/h6-7,10-12,18H,4-5,8-9H2,1-3H3. The van der Waals surface area contributed by atoms with Gasteiger partial charge in [-0.05, 0) is 43.9 Å². The van der Waals surface area contributed by atoms with Gasteiger partial charge in [-0.2, -0.15) is 0 Å². The molecule has 4 heteroatoms. The Labute approximate surface area is 119 Å². The van der Waals surface area contributed by atoms with E-state index in [1.165, 1.54) is 30.3 Å². The lowest BCUT2D eigenvalue weighted by atomic mass is 10.0. The summed E-state index contributed by atoms with van der Waals surface area (Å²) in [5, 5.41) is 3.41. The van der Waals surface area contributed by atoms with Crippen LogP contribution in [0.3, 0.4) is 0 Å². The lowest BCUT2D eigenvalue weighted by Gasteiger charge is -2.14. The van der Waals surface area contributed by atoms with Crippen LogP contribution in [0.2, 0.25) is 0 Å². The Bertz CT molecular complexity index is 382. The molecule has 1 unspecified atom stereocenters. The van der Waals surface area contributed by atoms with Crippen LogP contribution in [0.1, 0.15) is 33.6 Å². The second-order valence-electron chi connectivity index (χ2n) is 5.25. The lowest BCUT2D eigenvalue weighted by Crippen LogP contribution is -2.28. The van der Waals surface area contributed by atoms with Gasteiger partial charge in [0.2, 0.25) is 0 Å². The van der Waals surface area contributed by atoms with Crippen molar-refractivity contribution in [3.05, 3.63) is 29.8 Å². The maximum Gasteiger partial charge on any atom is 0.136 e. The van der Waals surface area contributed by atoms with Crippen molar-refractivity contribution < 1.29 is 8.78 Å². The second kappa shape index (κ2) is 8.54. The molecule has 0 aliphatic carbocycles. The topological polar surface area (TPSA) is 12.0 Å². The summed E-state index contributed by atoms with van der Waals surface area (Å²) in [5.41, 5.74) is 0. The Kier molecular flexibility index (Phi) is 7.39. The average Bonchev–Trinajstić information content (AvgIpc) is 2.36. The minimum Gasteiger partial charge on any atom is -0.313 e. The predicted octanol–water partition coefficient (Wildman–Crippen LogP) is 4.47. The Morgan fingerprint density at radius 1 is 1.16 bits per heavy atom. The summed E-state index contributed by atoms with van der Waals surface area (Å²) in [6.07, 6.45) is 2.36. The molecule has 0 heterocycles. The number of benzene rings is 1. The molecule has 1 nitrogen and oxygen atoms in total. The van der Waals surface area contributed by atoms with E-state index in [4.69, 9.17) is 0 Å². The molecule has 0 saturated heterocycles. The molecule has 0 aliphatic rings. The third kappa shape index (κ3) is 6.92. The van der Waals surface area contributed by atoms with Gasteiger partial charge in [0.25, 0.3) is 0 Å². The zero-order chi connectivity index (χ0) is 14.3. The van der Waals surface area contributed by atoms with Crippen LogP contribution >= 0.6 is 11.8 Å². The van der Waals surface area contributed by atoms with Gasteiger partial charge in [-0.25, -0.2) is 8.78 Å². The van der Waals surface area contributed by atoms with Crippen molar-refractivity contribution in [3.8, 4) is 0 Å². The van der Waals surface area contributed by atoms with E-state index < -0.39 is 0 Å². The quantitative estimate of drug-likeness (QED) is 0.559. The zero-order valence-corrected chi connectivity index (χ0v) is 12.7. The number of thioether (sulfide) groups is 1. The van der Waals surface area contributed by atoms with Gasteiger partial charge in [0.05, 0.1) is 0 Å². The van der Waals surface area contributed by atoms with Crippen LogP contribution in [0.25, 0.3) is 0 Å². The molecule has 0 radical (unpaired) electrons. The number of rotatable bonds is 8. The van der Waals surface area contributed by atoms with Crippen molar-refractivity contribution >= 4 is 11.8 Å². The first kappa shape index (κ1) is 16.4. The van der Waals surface area contributed by atoms with Gasteiger partial charge in [0.15, 0.2) is 0 Å². The van der Waals surface area contributed by atoms with Crippen molar-refractivity contribution in [2.24, 2.45) is 5.92 Å². The van der Waals surface area contributed by atoms with E-state index in [0.29, 0.717) is 10.9 Å². The minimum atomic E-state index is -0.387. The highest BCUT2D eigenvalue weighted by atomic mass is 32.2. The van der Waals surface area contributed by atoms with Crippen LogP contribution < -0.4 is 5.32 Å². The molecular weight excluding hydrogens is 264 g/mol. The third-order valence-corrected chi connectivity index (χ3v) is 3.95. The third-order valence-electron chi connectivity index (χ3n) is 2.92. The summed E-state index contributed by atoms with van der Waals surface area (Å²) < 4.78 is 26.3. The molecule has 0 fully saturated rings. The molecule has 1 aromatic carbocycles. The largest absolute Gasteiger partial charge is 0.313 e. The van der Waals surface area contributed by atoms with E-state index in [2.05, 4.69) is 26.1 Å². The van der Waals surface area contributed by atoms with Gasteiger partial charge in [-0.3, -0.25) is 0 Å². The molecule has 0 amide bonds. The van der Waals surface area contributed by atoms with Crippen LogP contribution in [0.15, 0.2) is 23.1 Å². The predicted molar refractivity (Wildman–Crippen MR) is 78.6 cm³/mol. The molecular formula is C15H23F2NS. The SMILES string of the molecule is CC(C)CCC(C)NCCSc1cc(F)ccc1F. The minimum absolute atomic E-state index is 0.348. The summed E-state index contributed by atoms with van der Waals surface area (Å²) in [6, 6.07) is 4.05. The Morgan fingerprint density at radius 3 is 2.58 bits per heavy atom. The van der Waals surface area contributed by atoms with Crippen LogP contribution in [0, 0.1) is 17.6 Å². The van der Waals surface area contributed by atoms with Crippen LogP contribution in [0.4, 0.5) is 8.78 Å². The van der Waals surface area contributed by atoms with Crippen molar-refractivity contribution in [2.45, 2.75) is 44.6 Å². The molecule has 0 spiro atoms. The molecule has 108 valence electrons. The molecule has 0 bridgehead atoms.